The van der Waals surface area contributed by atoms with Crippen molar-refractivity contribution >= 4 is 5.97 Å². The van der Waals surface area contributed by atoms with Crippen LogP contribution in [0.25, 0.3) is 0 Å². The highest BCUT2D eigenvalue weighted by molar-refractivity contribution is 5.87. The maximum absolute atomic E-state index is 11.5. The molecule has 1 unspecified atom stereocenters. The fourth-order valence-corrected chi connectivity index (χ4v) is 3.24. The maximum Gasteiger partial charge on any atom is 0.356 e. The quantitative estimate of drug-likeness (QED) is 0.800. The van der Waals surface area contributed by atoms with Gasteiger partial charge in [-0.3, -0.25) is 9.58 Å². The number of likely N-dealkylation sites (N-methyl/N-ethyl adjacent to an activating group) is 1. The normalized spacial score (nSPS) is 17.0. The number of nitrogens with zero attached hydrogens (tertiary/aromatic N) is 5. The first-order valence-corrected chi connectivity index (χ1v) is 7.91. The number of hydrogen-bond acceptors (Lipinski definition) is 6. The summed E-state index contributed by atoms with van der Waals surface area (Å²) in [5.41, 5.74) is 1.98. The van der Waals surface area contributed by atoms with E-state index in [9.17, 15) is 9.90 Å². The minimum Gasteiger partial charge on any atom is -0.476 e. The number of hydrogen-bond donors (Lipinski definition) is 1. The molecule has 0 radical (unpaired) electrons. The molecule has 8 heteroatoms. The molecule has 2 heterocycles. The molecule has 0 aliphatic heterocycles. The van der Waals surface area contributed by atoms with Crippen LogP contribution in [-0.2, 0) is 25.9 Å². The fourth-order valence-electron chi connectivity index (χ4n) is 3.24. The average Bonchev–Trinajstić information content (AvgIpc) is 3.11. The Labute approximate surface area is 139 Å². The van der Waals surface area contributed by atoms with Gasteiger partial charge in [-0.15, -0.1) is 6.58 Å². The van der Waals surface area contributed by atoms with Crippen molar-refractivity contribution < 1.29 is 14.4 Å². The number of allylic oxidation sites excluding steroid dienone is 1. The second-order valence-electron chi connectivity index (χ2n) is 6.10. The van der Waals surface area contributed by atoms with Crippen LogP contribution in [0.5, 0.6) is 0 Å². The summed E-state index contributed by atoms with van der Waals surface area (Å²) in [5, 5.41) is 17.5. The van der Waals surface area contributed by atoms with E-state index < -0.39 is 5.97 Å². The van der Waals surface area contributed by atoms with E-state index in [1.54, 1.807) is 17.7 Å². The van der Waals surface area contributed by atoms with Crippen molar-refractivity contribution in [1.82, 2.24) is 24.8 Å². The molecule has 1 aliphatic carbocycles. The lowest BCUT2D eigenvalue weighted by atomic mass is 9.90. The summed E-state index contributed by atoms with van der Waals surface area (Å²) in [6.07, 6.45) is 4.10. The van der Waals surface area contributed by atoms with Crippen LogP contribution in [0, 0.1) is 6.92 Å². The summed E-state index contributed by atoms with van der Waals surface area (Å²) in [5.74, 6) is 0.203. The zero-order valence-electron chi connectivity index (χ0n) is 13.9. The van der Waals surface area contributed by atoms with Gasteiger partial charge < -0.3 is 9.63 Å². The van der Waals surface area contributed by atoms with Gasteiger partial charge >= 0.3 is 5.97 Å². The predicted octanol–water partition coefficient (Wildman–Crippen LogP) is 1.45. The molecule has 1 atom stereocenters. The molecule has 0 saturated carbocycles. The van der Waals surface area contributed by atoms with Gasteiger partial charge in [0.2, 0.25) is 5.89 Å². The van der Waals surface area contributed by atoms with Crippen molar-refractivity contribution in [3.8, 4) is 0 Å². The summed E-state index contributed by atoms with van der Waals surface area (Å²) in [6, 6.07) is 0.212. The van der Waals surface area contributed by atoms with Gasteiger partial charge in [-0.2, -0.15) is 10.1 Å². The first kappa shape index (κ1) is 16.4. The minimum atomic E-state index is -0.982. The second kappa shape index (κ2) is 6.56. The monoisotopic (exact) mass is 331 g/mol. The highest BCUT2D eigenvalue weighted by Gasteiger charge is 2.30. The fraction of sp³-hybridized carbons (Fsp3) is 0.500. The zero-order valence-corrected chi connectivity index (χ0v) is 13.9. The number of carboxylic acid groups (broad SMARTS) is 1. The molecule has 1 N–H and O–H groups in total. The van der Waals surface area contributed by atoms with Gasteiger partial charge in [0.15, 0.2) is 11.5 Å². The summed E-state index contributed by atoms with van der Waals surface area (Å²) in [4.78, 5) is 17.9. The first-order chi connectivity index (χ1) is 11.5. The van der Waals surface area contributed by atoms with Crippen molar-refractivity contribution in [2.45, 2.75) is 45.3 Å². The van der Waals surface area contributed by atoms with E-state index in [1.807, 2.05) is 7.05 Å². The van der Waals surface area contributed by atoms with Crippen LogP contribution < -0.4 is 0 Å². The lowest BCUT2D eigenvalue weighted by Gasteiger charge is -2.30. The molecule has 128 valence electrons. The third-order valence-corrected chi connectivity index (χ3v) is 4.40. The Morgan fingerprint density at radius 2 is 2.38 bits per heavy atom. The van der Waals surface area contributed by atoms with E-state index in [4.69, 9.17) is 4.52 Å². The molecule has 24 heavy (non-hydrogen) atoms. The summed E-state index contributed by atoms with van der Waals surface area (Å²) < 4.78 is 6.92. The molecule has 1 aliphatic rings. The van der Waals surface area contributed by atoms with Gasteiger partial charge in [-0.05, 0) is 33.2 Å². The SMILES string of the molecule is C=CCn1nc(C(=O)O)c2c1CCC(N(C)Cc1nc(C)no1)C2. The van der Waals surface area contributed by atoms with Gasteiger partial charge in [-0.25, -0.2) is 4.79 Å². The number of carbonyl (C=O) groups is 1. The van der Waals surface area contributed by atoms with Crippen LogP contribution in [0.4, 0.5) is 0 Å². The third-order valence-electron chi connectivity index (χ3n) is 4.40. The number of carboxylic acids is 1. The summed E-state index contributed by atoms with van der Waals surface area (Å²) in [7, 11) is 1.99. The Kier molecular flexibility index (Phi) is 4.48. The molecule has 0 saturated heterocycles. The van der Waals surface area contributed by atoms with E-state index in [0.717, 1.165) is 24.1 Å². The highest BCUT2D eigenvalue weighted by atomic mass is 16.5. The van der Waals surface area contributed by atoms with Crippen molar-refractivity contribution in [3.05, 3.63) is 41.3 Å². The molecule has 8 nitrogen and oxygen atoms in total. The van der Waals surface area contributed by atoms with Crippen molar-refractivity contribution in [1.29, 1.82) is 0 Å². The van der Waals surface area contributed by atoms with Crippen molar-refractivity contribution in [3.63, 3.8) is 0 Å². The lowest BCUT2D eigenvalue weighted by molar-refractivity contribution is 0.0687. The van der Waals surface area contributed by atoms with E-state index in [2.05, 4.69) is 26.7 Å². The standard InChI is InChI=1S/C16H21N5O3/c1-4-7-21-13-6-5-11(8-12(13)15(18-21)16(22)23)20(3)9-14-17-10(2)19-24-14/h4,11H,1,5-9H2,2-3H3,(H,22,23). The van der Waals surface area contributed by atoms with Crippen LogP contribution in [0.15, 0.2) is 17.2 Å². The number of aromatic carboxylic acids is 1. The molecule has 0 fully saturated rings. The Morgan fingerprint density at radius 3 is 3.00 bits per heavy atom. The molecule has 0 bridgehead atoms. The molecular weight excluding hydrogens is 310 g/mol. The van der Waals surface area contributed by atoms with Crippen LogP contribution in [0.2, 0.25) is 0 Å². The average molecular weight is 331 g/mol. The Hall–Kier alpha value is -2.48. The van der Waals surface area contributed by atoms with Gasteiger partial charge in [0.05, 0.1) is 13.1 Å². The Bertz CT molecular complexity index is 764. The van der Waals surface area contributed by atoms with Gasteiger partial charge in [0.25, 0.3) is 0 Å². The molecule has 0 spiro atoms. The van der Waals surface area contributed by atoms with E-state index in [-0.39, 0.29) is 11.7 Å². The smallest absolute Gasteiger partial charge is 0.356 e. The van der Waals surface area contributed by atoms with Crippen LogP contribution in [-0.4, -0.2) is 49.0 Å². The number of aryl methyl sites for hydroxylation is 1. The van der Waals surface area contributed by atoms with E-state index >= 15 is 0 Å². The topological polar surface area (TPSA) is 97.3 Å². The summed E-state index contributed by atoms with van der Waals surface area (Å²) in [6.45, 7) is 6.57. The number of fused-ring (bicyclic) bond motifs is 1. The molecule has 0 aromatic carbocycles. The highest BCUT2D eigenvalue weighted by Crippen LogP contribution is 2.27. The Balaban J connectivity index is 1.80. The largest absolute Gasteiger partial charge is 0.476 e. The van der Waals surface area contributed by atoms with Crippen LogP contribution in [0.1, 0.15) is 39.9 Å². The molecule has 0 amide bonds. The van der Waals surface area contributed by atoms with Crippen molar-refractivity contribution in [2.24, 2.45) is 0 Å². The minimum absolute atomic E-state index is 0.151. The Morgan fingerprint density at radius 1 is 1.58 bits per heavy atom. The van der Waals surface area contributed by atoms with E-state index in [0.29, 0.717) is 31.2 Å². The molecule has 2 aromatic heterocycles. The maximum atomic E-state index is 11.5. The van der Waals surface area contributed by atoms with Crippen molar-refractivity contribution in [2.75, 3.05) is 7.05 Å². The van der Waals surface area contributed by atoms with Crippen LogP contribution >= 0.6 is 0 Å². The second-order valence-corrected chi connectivity index (χ2v) is 6.10. The lowest BCUT2D eigenvalue weighted by Crippen LogP contribution is -2.36. The van der Waals surface area contributed by atoms with E-state index in [1.165, 1.54) is 0 Å². The number of aromatic nitrogens is 4. The predicted molar refractivity (Wildman–Crippen MR) is 85.7 cm³/mol. The summed E-state index contributed by atoms with van der Waals surface area (Å²) >= 11 is 0. The zero-order chi connectivity index (χ0) is 17.3. The van der Waals surface area contributed by atoms with Gasteiger partial charge in [0, 0.05) is 17.3 Å². The number of rotatable bonds is 6. The molecule has 3 rings (SSSR count). The first-order valence-electron chi connectivity index (χ1n) is 7.91. The van der Waals surface area contributed by atoms with Gasteiger partial charge in [0.1, 0.15) is 0 Å². The molecular formula is C16H21N5O3. The molecule has 2 aromatic rings. The third kappa shape index (κ3) is 3.09. The van der Waals surface area contributed by atoms with Crippen LogP contribution in [0.3, 0.4) is 0 Å². The van der Waals surface area contributed by atoms with Gasteiger partial charge in [-0.1, -0.05) is 11.2 Å².